The SMILES string of the molecule is CCN(Cc1ncc(-c2cccs2)o1)CC(C)(C)O. The molecule has 0 saturated heterocycles. The van der Waals surface area contributed by atoms with Gasteiger partial charge in [0.05, 0.1) is 23.2 Å². The summed E-state index contributed by atoms with van der Waals surface area (Å²) >= 11 is 1.64. The predicted molar refractivity (Wildman–Crippen MR) is 77.1 cm³/mol. The van der Waals surface area contributed by atoms with Crippen LogP contribution < -0.4 is 0 Å². The smallest absolute Gasteiger partial charge is 0.209 e. The summed E-state index contributed by atoms with van der Waals surface area (Å²) in [6.07, 6.45) is 1.76. The van der Waals surface area contributed by atoms with Crippen LogP contribution in [0, 0.1) is 0 Å². The van der Waals surface area contributed by atoms with Gasteiger partial charge in [0, 0.05) is 6.54 Å². The van der Waals surface area contributed by atoms with Gasteiger partial charge in [0.1, 0.15) is 0 Å². The molecule has 4 nitrogen and oxygen atoms in total. The second kappa shape index (κ2) is 5.86. The number of hydrogen-bond acceptors (Lipinski definition) is 5. The molecule has 0 aliphatic carbocycles. The molecule has 0 aliphatic heterocycles. The molecular formula is C14H20N2O2S. The summed E-state index contributed by atoms with van der Waals surface area (Å²) in [6, 6.07) is 4.01. The van der Waals surface area contributed by atoms with Crippen molar-refractivity contribution in [3.8, 4) is 10.6 Å². The normalized spacial score (nSPS) is 12.3. The van der Waals surface area contributed by atoms with Crippen LogP contribution in [0.25, 0.3) is 10.6 Å². The van der Waals surface area contributed by atoms with Crippen LogP contribution in [0.1, 0.15) is 26.7 Å². The van der Waals surface area contributed by atoms with Crippen LogP contribution in [0.2, 0.25) is 0 Å². The van der Waals surface area contributed by atoms with Gasteiger partial charge < -0.3 is 9.52 Å². The average molecular weight is 280 g/mol. The zero-order chi connectivity index (χ0) is 13.9. The van der Waals surface area contributed by atoms with Crippen LogP contribution in [-0.4, -0.2) is 33.7 Å². The van der Waals surface area contributed by atoms with Gasteiger partial charge in [-0.3, -0.25) is 4.90 Å². The quantitative estimate of drug-likeness (QED) is 0.883. The second-order valence-electron chi connectivity index (χ2n) is 5.21. The Morgan fingerprint density at radius 3 is 2.84 bits per heavy atom. The van der Waals surface area contributed by atoms with Crippen LogP contribution in [-0.2, 0) is 6.54 Å². The van der Waals surface area contributed by atoms with Gasteiger partial charge in [-0.25, -0.2) is 4.98 Å². The maximum atomic E-state index is 9.86. The first kappa shape index (κ1) is 14.2. The molecule has 1 N–H and O–H groups in total. The first-order chi connectivity index (χ1) is 8.98. The van der Waals surface area contributed by atoms with Crippen molar-refractivity contribution in [3.05, 3.63) is 29.6 Å². The zero-order valence-corrected chi connectivity index (χ0v) is 12.4. The van der Waals surface area contributed by atoms with Crippen molar-refractivity contribution in [1.29, 1.82) is 0 Å². The minimum atomic E-state index is -0.709. The largest absolute Gasteiger partial charge is 0.438 e. The highest BCUT2D eigenvalue weighted by molar-refractivity contribution is 7.13. The number of nitrogens with zero attached hydrogens (tertiary/aromatic N) is 2. The van der Waals surface area contributed by atoms with E-state index < -0.39 is 5.60 Å². The van der Waals surface area contributed by atoms with Crippen LogP contribution >= 0.6 is 11.3 Å². The van der Waals surface area contributed by atoms with E-state index in [1.807, 2.05) is 31.4 Å². The lowest BCUT2D eigenvalue weighted by Gasteiger charge is -2.26. The van der Waals surface area contributed by atoms with Crippen molar-refractivity contribution in [2.24, 2.45) is 0 Å². The summed E-state index contributed by atoms with van der Waals surface area (Å²) in [5.74, 6) is 1.50. The standard InChI is InChI=1S/C14H20N2O2S/c1-4-16(10-14(2,3)17)9-13-15-8-11(18-13)12-6-5-7-19-12/h5-8,17H,4,9-10H2,1-3H3. The van der Waals surface area contributed by atoms with Crippen molar-refractivity contribution >= 4 is 11.3 Å². The van der Waals surface area contributed by atoms with Crippen LogP contribution in [0.4, 0.5) is 0 Å². The third kappa shape index (κ3) is 4.16. The third-order valence-corrected chi connectivity index (χ3v) is 3.62. The zero-order valence-electron chi connectivity index (χ0n) is 11.6. The van der Waals surface area contributed by atoms with Crippen molar-refractivity contribution in [2.45, 2.75) is 32.9 Å². The highest BCUT2D eigenvalue weighted by Crippen LogP contribution is 2.25. The molecule has 0 saturated carbocycles. The Bertz CT molecular complexity index is 500. The van der Waals surface area contributed by atoms with Crippen LogP contribution in [0.3, 0.4) is 0 Å². The number of rotatable bonds is 6. The molecule has 0 aromatic carbocycles. The molecule has 19 heavy (non-hydrogen) atoms. The summed E-state index contributed by atoms with van der Waals surface area (Å²) in [4.78, 5) is 7.51. The molecule has 0 bridgehead atoms. The lowest BCUT2D eigenvalue weighted by atomic mass is 10.1. The summed E-state index contributed by atoms with van der Waals surface area (Å²) in [6.45, 7) is 7.74. The first-order valence-electron chi connectivity index (χ1n) is 6.41. The van der Waals surface area contributed by atoms with Gasteiger partial charge in [-0.05, 0) is 31.8 Å². The molecule has 5 heteroatoms. The molecule has 2 aromatic heterocycles. The van der Waals surface area contributed by atoms with Crippen molar-refractivity contribution in [3.63, 3.8) is 0 Å². The monoisotopic (exact) mass is 280 g/mol. The number of likely N-dealkylation sites (N-methyl/N-ethyl adjacent to an activating group) is 1. The molecule has 2 aromatic rings. The summed E-state index contributed by atoms with van der Waals surface area (Å²) in [7, 11) is 0. The van der Waals surface area contributed by atoms with Gasteiger partial charge in [-0.2, -0.15) is 0 Å². The molecule has 0 spiro atoms. The Balaban J connectivity index is 2.03. The molecule has 0 aliphatic rings. The topological polar surface area (TPSA) is 49.5 Å². The fourth-order valence-electron chi connectivity index (χ4n) is 1.93. The highest BCUT2D eigenvalue weighted by Gasteiger charge is 2.19. The fourth-order valence-corrected chi connectivity index (χ4v) is 2.61. The van der Waals surface area contributed by atoms with E-state index >= 15 is 0 Å². The van der Waals surface area contributed by atoms with Crippen LogP contribution in [0.15, 0.2) is 28.1 Å². The van der Waals surface area contributed by atoms with E-state index in [9.17, 15) is 5.11 Å². The van der Waals surface area contributed by atoms with Crippen molar-refractivity contribution < 1.29 is 9.52 Å². The van der Waals surface area contributed by atoms with Crippen molar-refractivity contribution in [2.75, 3.05) is 13.1 Å². The molecule has 0 radical (unpaired) electrons. The number of aliphatic hydroxyl groups is 1. The Hall–Kier alpha value is -1.17. The van der Waals surface area contributed by atoms with Gasteiger partial charge in [0.2, 0.25) is 5.89 Å². The molecule has 0 amide bonds. The van der Waals surface area contributed by atoms with E-state index in [1.165, 1.54) is 0 Å². The van der Waals surface area contributed by atoms with Crippen molar-refractivity contribution in [1.82, 2.24) is 9.88 Å². The summed E-state index contributed by atoms with van der Waals surface area (Å²) in [5.41, 5.74) is -0.709. The second-order valence-corrected chi connectivity index (χ2v) is 6.16. The Morgan fingerprint density at radius 1 is 1.47 bits per heavy atom. The molecular weight excluding hydrogens is 260 g/mol. The Kier molecular flexibility index (Phi) is 4.39. The fraction of sp³-hybridized carbons (Fsp3) is 0.500. The molecule has 0 fully saturated rings. The maximum absolute atomic E-state index is 9.86. The molecule has 0 atom stereocenters. The Morgan fingerprint density at radius 2 is 2.26 bits per heavy atom. The van der Waals surface area contributed by atoms with Gasteiger partial charge in [0.15, 0.2) is 5.76 Å². The number of thiophene rings is 1. The molecule has 2 rings (SSSR count). The summed E-state index contributed by atoms with van der Waals surface area (Å²) in [5, 5.41) is 11.9. The number of oxazole rings is 1. The minimum Gasteiger partial charge on any atom is -0.438 e. The Labute approximate surface area is 117 Å². The minimum absolute atomic E-state index is 0.597. The molecule has 104 valence electrons. The lowest BCUT2D eigenvalue weighted by Crippen LogP contribution is -2.38. The van der Waals surface area contributed by atoms with E-state index in [-0.39, 0.29) is 0 Å². The van der Waals surface area contributed by atoms with Gasteiger partial charge >= 0.3 is 0 Å². The van der Waals surface area contributed by atoms with Gasteiger partial charge in [0.25, 0.3) is 0 Å². The average Bonchev–Trinajstić information content (AvgIpc) is 2.95. The number of aromatic nitrogens is 1. The third-order valence-electron chi connectivity index (χ3n) is 2.73. The number of hydrogen-bond donors (Lipinski definition) is 1. The predicted octanol–water partition coefficient (Wildman–Crippen LogP) is 3.00. The molecule has 2 heterocycles. The van der Waals surface area contributed by atoms with E-state index in [2.05, 4.69) is 16.8 Å². The van der Waals surface area contributed by atoms with E-state index in [1.54, 1.807) is 17.5 Å². The molecule has 0 unspecified atom stereocenters. The summed E-state index contributed by atoms with van der Waals surface area (Å²) < 4.78 is 5.75. The maximum Gasteiger partial charge on any atom is 0.209 e. The van der Waals surface area contributed by atoms with Gasteiger partial charge in [-0.1, -0.05) is 13.0 Å². The van der Waals surface area contributed by atoms with E-state index in [4.69, 9.17) is 4.42 Å². The van der Waals surface area contributed by atoms with E-state index in [0.29, 0.717) is 19.0 Å². The highest BCUT2D eigenvalue weighted by atomic mass is 32.1. The van der Waals surface area contributed by atoms with Crippen LogP contribution in [0.5, 0.6) is 0 Å². The lowest BCUT2D eigenvalue weighted by molar-refractivity contribution is 0.0329. The van der Waals surface area contributed by atoms with Gasteiger partial charge in [-0.15, -0.1) is 11.3 Å². The first-order valence-corrected chi connectivity index (χ1v) is 7.29. The van der Waals surface area contributed by atoms with E-state index in [0.717, 1.165) is 17.2 Å².